The first kappa shape index (κ1) is 25.4. The Morgan fingerprint density at radius 3 is 2.42 bits per heavy atom. The van der Waals surface area contributed by atoms with Gasteiger partial charge < -0.3 is 0 Å². The third-order valence-electron chi connectivity index (χ3n) is 10.8. The minimum Gasteiger partial charge on any atom is -0.264 e. The van der Waals surface area contributed by atoms with Gasteiger partial charge in [0.05, 0.1) is 6.10 Å². The zero-order chi connectivity index (χ0) is 24.2. The van der Waals surface area contributed by atoms with Crippen LogP contribution in [0.4, 0.5) is 0 Å². The van der Waals surface area contributed by atoms with Crippen molar-refractivity contribution >= 4 is 10.4 Å². The average molecular weight is 479 g/mol. The second kappa shape index (κ2) is 9.09. The van der Waals surface area contributed by atoms with Gasteiger partial charge in [-0.2, -0.15) is 8.42 Å². The van der Waals surface area contributed by atoms with Crippen molar-refractivity contribution in [1.29, 1.82) is 0 Å². The van der Waals surface area contributed by atoms with Crippen LogP contribution in [0.15, 0.2) is 23.8 Å². The lowest BCUT2D eigenvalue weighted by Gasteiger charge is -2.58. The molecule has 1 N–H and O–H groups in total. The van der Waals surface area contributed by atoms with Crippen molar-refractivity contribution in [2.24, 2.45) is 52.3 Å². The fourth-order valence-electron chi connectivity index (χ4n) is 8.49. The van der Waals surface area contributed by atoms with E-state index in [1.165, 1.54) is 31.3 Å². The van der Waals surface area contributed by atoms with E-state index in [-0.39, 0.29) is 5.41 Å². The third kappa shape index (κ3) is 4.76. The minimum absolute atomic E-state index is 0.152. The van der Waals surface area contributed by atoms with Crippen molar-refractivity contribution < 1.29 is 17.2 Å². The lowest BCUT2D eigenvalue weighted by molar-refractivity contribution is -0.0527. The maximum atomic E-state index is 11.2. The van der Waals surface area contributed by atoms with Crippen molar-refractivity contribution in [3.8, 4) is 0 Å². The molecule has 0 aromatic rings. The summed E-state index contributed by atoms with van der Waals surface area (Å²) >= 11 is 0. The third-order valence-corrected chi connectivity index (χ3v) is 11.3. The van der Waals surface area contributed by atoms with Crippen LogP contribution in [0.5, 0.6) is 0 Å². The largest absolute Gasteiger partial charge is 0.397 e. The summed E-state index contributed by atoms with van der Waals surface area (Å²) in [6, 6.07) is 0. The smallest absolute Gasteiger partial charge is 0.264 e. The summed E-state index contributed by atoms with van der Waals surface area (Å²) in [5, 5.41) is 0. The first-order chi connectivity index (χ1) is 15.3. The van der Waals surface area contributed by atoms with E-state index < -0.39 is 16.5 Å². The molecule has 0 radical (unpaired) electrons. The molecular formula is C28H46O4S. The van der Waals surface area contributed by atoms with Gasteiger partial charge in [0.25, 0.3) is 0 Å². The zero-order valence-electron chi connectivity index (χ0n) is 21.6. The highest BCUT2D eigenvalue weighted by atomic mass is 32.3. The van der Waals surface area contributed by atoms with E-state index in [1.54, 1.807) is 0 Å². The molecule has 0 aromatic heterocycles. The second-order valence-electron chi connectivity index (χ2n) is 12.7. The summed E-state index contributed by atoms with van der Waals surface area (Å²) in [6.45, 7) is 14.4. The molecule has 0 unspecified atom stereocenters. The predicted octanol–water partition coefficient (Wildman–Crippen LogP) is 7.24. The van der Waals surface area contributed by atoms with Crippen molar-refractivity contribution in [2.75, 3.05) is 0 Å². The van der Waals surface area contributed by atoms with Crippen molar-refractivity contribution in [3.63, 3.8) is 0 Å². The quantitative estimate of drug-likeness (QED) is 0.323. The average Bonchev–Trinajstić information content (AvgIpc) is 3.08. The van der Waals surface area contributed by atoms with Gasteiger partial charge in [-0.25, -0.2) is 4.18 Å². The van der Waals surface area contributed by atoms with E-state index in [0.29, 0.717) is 41.9 Å². The lowest BCUT2D eigenvalue weighted by atomic mass is 9.47. The lowest BCUT2D eigenvalue weighted by Crippen LogP contribution is -2.51. The maximum Gasteiger partial charge on any atom is 0.397 e. The Balaban J connectivity index is 1.50. The summed E-state index contributed by atoms with van der Waals surface area (Å²) in [5.74, 6) is 4.96. The maximum absolute atomic E-state index is 11.2. The van der Waals surface area contributed by atoms with Gasteiger partial charge in [0, 0.05) is 0 Å². The van der Waals surface area contributed by atoms with Crippen LogP contribution in [0.1, 0.15) is 92.9 Å². The van der Waals surface area contributed by atoms with Crippen LogP contribution in [0.2, 0.25) is 0 Å². The summed E-state index contributed by atoms with van der Waals surface area (Å²) in [7, 11) is -4.39. The predicted molar refractivity (Wildman–Crippen MR) is 134 cm³/mol. The summed E-state index contributed by atoms with van der Waals surface area (Å²) in [6.07, 6.45) is 15.7. The van der Waals surface area contributed by atoms with Crippen LogP contribution < -0.4 is 0 Å². The Kier molecular flexibility index (Phi) is 7.01. The normalized spacial score (nSPS) is 43.0. The van der Waals surface area contributed by atoms with Crippen LogP contribution in [-0.4, -0.2) is 19.1 Å². The van der Waals surface area contributed by atoms with E-state index in [4.69, 9.17) is 8.74 Å². The van der Waals surface area contributed by atoms with Crippen LogP contribution in [0.3, 0.4) is 0 Å². The molecule has 0 amide bonds. The molecule has 0 bridgehead atoms. The van der Waals surface area contributed by atoms with Crippen LogP contribution in [0.25, 0.3) is 0 Å². The van der Waals surface area contributed by atoms with Gasteiger partial charge in [-0.1, -0.05) is 65.3 Å². The fraction of sp³-hybridized carbons (Fsp3) is 0.857. The molecular weight excluding hydrogens is 432 g/mol. The highest BCUT2D eigenvalue weighted by Gasteiger charge is 2.59. The van der Waals surface area contributed by atoms with Crippen LogP contribution in [-0.2, 0) is 14.6 Å². The topological polar surface area (TPSA) is 63.6 Å². The molecule has 0 aliphatic heterocycles. The Bertz CT molecular complexity index is 890. The molecule has 3 saturated carbocycles. The van der Waals surface area contributed by atoms with Gasteiger partial charge in [-0.3, -0.25) is 4.55 Å². The zero-order valence-corrected chi connectivity index (χ0v) is 22.4. The first-order valence-corrected chi connectivity index (χ1v) is 14.7. The first-order valence-electron chi connectivity index (χ1n) is 13.4. The van der Waals surface area contributed by atoms with Gasteiger partial charge >= 0.3 is 10.4 Å². The van der Waals surface area contributed by atoms with Gasteiger partial charge in [0.1, 0.15) is 0 Å². The van der Waals surface area contributed by atoms with Crippen molar-refractivity contribution in [1.82, 2.24) is 0 Å². The Morgan fingerprint density at radius 1 is 1.03 bits per heavy atom. The monoisotopic (exact) mass is 478 g/mol. The van der Waals surface area contributed by atoms with E-state index in [0.717, 1.165) is 30.6 Å². The Labute approximate surface area is 202 Å². The van der Waals surface area contributed by atoms with Gasteiger partial charge in [-0.05, 0) is 104 Å². The molecule has 188 valence electrons. The fourth-order valence-corrected chi connectivity index (χ4v) is 9.00. The number of hydrogen-bond acceptors (Lipinski definition) is 3. The molecule has 3 fully saturated rings. The number of allylic oxidation sites excluding steroid dienone is 3. The van der Waals surface area contributed by atoms with Crippen molar-refractivity contribution in [3.05, 3.63) is 23.8 Å². The molecule has 0 spiro atoms. The van der Waals surface area contributed by atoms with Gasteiger partial charge in [-0.15, -0.1) is 0 Å². The SMILES string of the molecule is CC(C)[C@@H](C)/C=C\[C@@H](C)[C@H]1CC[C@H]2[C@@H]3CC=C4C[C@@H](OS(=O)(=O)O)CC[C@]4(C)[C@H]3CC[C@]12C. The van der Waals surface area contributed by atoms with E-state index in [9.17, 15) is 8.42 Å². The molecule has 33 heavy (non-hydrogen) atoms. The molecule has 4 rings (SSSR count). The molecule has 0 aromatic carbocycles. The molecule has 5 heteroatoms. The van der Waals surface area contributed by atoms with E-state index in [2.05, 4.69) is 59.8 Å². The highest BCUT2D eigenvalue weighted by Crippen LogP contribution is 2.67. The summed E-state index contributed by atoms with van der Waals surface area (Å²) in [5.41, 5.74) is 1.96. The minimum atomic E-state index is -4.39. The van der Waals surface area contributed by atoms with Gasteiger partial charge in [0.15, 0.2) is 0 Å². The number of fused-ring (bicyclic) bond motifs is 5. The molecule has 4 aliphatic rings. The molecule has 4 aliphatic carbocycles. The molecule has 0 saturated heterocycles. The summed E-state index contributed by atoms with van der Waals surface area (Å²) in [4.78, 5) is 0. The van der Waals surface area contributed by atoms with Crippen LogP contribution >= 0.6 is 0 Å². The van der Waals surface area contributed by atoms with Gasteiger partial charge in [0.2, 0.25) is 0 Å². The Hall–Kier alpha value is -0.650. The van der Waals surface area contributed by atoms with Crippen LogP contribution in [0, 0.1) is 52.3 Å². The second-order valence-corrected chi connectivity index (χ2v) is 13.8. The van der Waals surface area contributed by atoms with E-state index in [1.807, 2.05) is 0 Å². The van der Waals surface area contributed by atoms with E-state index >= 15 is 0 Å². The summed E-state index contributed by atoms with van der Waals surface area (Å²) < 4.78 is 36.6. The molecule has 0 heterocycles. The standard InChI is InChI=1S/C28H46O4S/c1-18(2)19(3)7-8-20(4)24-11-12-25-23-10-9-21-17-22(32-33(29,30)31)13-15-27(21,5)26(23)14-16-28(24,25)6/h7-9,18-20,22-26H,10-17H2,1-6H3,(H,29,30,31)/b8-7-/t19-,20+,22-,23-,24+,25-,26-,27-,28+/m0/s1. The van der Waals surface area contributed by atoms with Crippen molar-refractivity contribution in [2.45, 2.75) is 99.0 Å². The highest BCUT2D eigenvalue weighted by molar-refractivity contribution is 7.80. The number of rotatable bonds is 6. The molecule has 4 nitrogen and oxygen atoms in total. The number of hydrogen-bond donors (Lipinski definition) is 1. The molecule has 9 atom stereocenters. The Morgan fingerprint density at radius 2 is 1.76 bits per heavy atom.